The summed E-state index contributed by atoms with van der Waals surface area (Å²) in [6.07, 6.45) is 1.12. The summed E-state index contributed by atoms with van der Waals surface area (Å²) >= 11 is 7.53. The Morgan fingerprint density at radius 2 is 1.81 bits per heavy atom. The molecule has 2 N–H and O–H groups in total. The first-order valence-corrected chi connectivity index (χ1v) is 14.9. The van der Waals surface area contributed by atoms with Crippen LogP contribution < -0.4 is 20.9 Å². The van der Waals surface area contributed by atoms with Crippen molar-refractivity contribution in [3.63, 3.8) is 0 Å². The molecule has 1 aromatic heterocycles. The third-order valence-electron chi connectivity index (χ3n) is 7.33. The van der Waals surface area contributed by atoms with Crippen LogP contribution in [0.3, 0.4) is 0 Å². The maximum Gasteiger partial charge on any atom is 0.274 e. The lowest BCUT2D eigenvalue weighted by Crippen LogP contribution is -2.40. The van der Waals surface area contributed by atoms with Gasteiger partial charge in [-0.25, -0.2) is 0 Å². The first-order chi connectivity index (χ1) is 19.9. The number of methoxy groups -OCH3 is 1. The van der Waals surface area contributed by atoms with Crippen LogP contribution in [-0.2, 0) is 11.2 Å². The highest BCUT2D eigenvalue weighted by Crippen LogP contribution is 2.29. The summed E-state index contributed by atoms with van der Waals surface area (Å²) in [5.41, 5.74) is 2.28. The van der Waals surface area contributed by atoms with Gasteiger partial charge in [-0.15, -0.1) is 12.4 Å². The van der Waals surface area contributed by atoms with Crippen LogP contribution in [0, 0.1) is 5.92 Å². The van der Waals surface area contributed by atoms with Crippen LogP contribution in [0.5, 0.6) is 5.75 Å². The number of nitrogens with zero attached hydrogens (tertiary/aromatic N) is 2. The number of ether oxygens (including phenoxy) is 1. The highest BCUT2D eigenvalue weighted by Gasteiger charge is 2.34. The molecule has 1 amide bonds. The van der Waals surface area contributed by atoms with E-state index in [2.05, 4.69) is 27.9 Å². The molecular formula is C32H34Cl2N4O3S. The first kappa shape index (κ1) is 31.6. The molecule has 0 aliphatic carbocycles. The standard InChI is InChI=1S/C32H33ClN4O3S.ClH/c1-21(35-31(38)29-20-34-19-28(29)22-6-4-3-5-7-22)8-9-23-18-30(41-27-16-10-24(33)11-17-27)36-37(32(23)39)25-12-14-26(40-2)15-13-25;/h3-7,10-18,21,28-29,34H,8-9,19-20H2,1-2H3,(H,35,38);1H/t21-,28-,29+;/m1./s1. The van der Waals surface area contributed by atoms with Gasteiger partial charge in [0.25, 0.3) is 5.56 Å². The normalized spacial score (nSPS) is 16.8. The van der Waals surface area contributed by atoms with Crippen LogP contribution >= 0.6 is 35.8 Å². The van der Waals surface area contributed by atoms with E-state index < -0.39 is 0 Å². The monoisotopic (exact) mass is 624 g/mol. The van der Waals surface area contributed by atoms with Crippen molar-refractivity contribution in [2.75, 3.05) is 20.2 Å². The van der Waals surface area contributed by atoms with Crippen LogP contribution in [0.1, 0.15) is 30.4 Å². The third kappa shape index (κ3) is 7.75. The third-order valence-corrected chi connectivity index (χ3v) is 8.50. The Kier molecular flexibility index (Phi) is 11.1. The van der Waals surface area contributed by atoms with Gasteiger partial charge in [-0.3, -0.25) is 9.59 Å². The van der Waals surface area contributed by atoms with E-state index in [4.69, 9.17) is 16.3 Å². The number of rotatable bonds is 10. The Bertz CT molecular complexity index is 1530. The molecule has 0 unspecified atom stereocenters. The molecule has 220 valence electrons. The molecule has 0 bridgehead atoms. The van der Waals surface area contributed by atoms with Crippen molar-refractivity contribution in [3.05, 3.63) is 111 Å². The highest BCUT2D eigenvalue weighted by atomic mass is 35.5. The lowest BCUT2D eigenvalue weighted by atomic mass is 9.88. The zero-order chi connectivity index (χ0) is 28.8. The van der Waals surface area contributed by atoms with Gasteiger partial charge in [0.05, 0.1) is 18.7 Å². The summed E-state index contributed by atoms with van der Waals surface area (Å²) in [6, 6.07) is 26.7. The molecule has 1 aliphatic rings. The molecule has 0 saturated carbocycles. The second-order valence-electron chi connectivity index (χ2n) is 10.2. The van der Waals surface area contributed by atoms with Crippen LogP contribution in [0.15, 0.2) is 99.6 Å². The fourth-order valence-corrected chi connectivity index (χ4v) is 6.03. The quantitative estimate of drug-likeness (QED) is 0.228. The van der Waals surface area contributed by atoms with Gasteiger partial charge in [-0.05, 0) is 79.9 Å². The van der Waals surface area contributed by atoms with Gasteiger partial charge in [-0.1, -0.05) is 53.7 Å². The predicted octanol–water partition coefficient (Wildman–Crippen LogP) is 5.91. The number of amides is 1. The molecule has 0 radical (unpaired) electrons. The number of benzene rings is 3. The molecule has 0 spiro atoms. The van der Waals surface area contributed by atoms with Gasteiger partial charge in [0.1, 0.15) is 10.8 Å². The number of hydrogen-bond acceptors (Lipinski definition) is 6. The predicted molar refractivity (Wildman–Crippen MR) is 171 cm³/mol. The zero-order valence-electron chi connectivity index (χ0n) is 23.5. The van der Waals surface area contributed by atoms with Gasteiger partial charge in [0.2, 0.25) is 5.91 Å². The fraction of sp³-hybridized carbons (Fsp3) is 0.281. The van der Waals surface area contributed by atoms with Gasteiger partial charge in [0, 0.05) is 40.5 Å². The Balaban J connectivity index is 0.00000405. The summed E-state index contributed by atoms with van der Waals surface area (Å²) in [5, 5.41) is 12.6. The number of aryl methyl sites for hydroxylation is 1. The fourth-order valence-electron chi connectivity index (χ4n) is 5.07. The summed E-state index contributed by atoms with van der Waals surface area (Å²) < 4.78 is 6.71. The molecular weight excluding hydrogens is 591 g/mol. The molecule has 42 heavy (non-hydrogen) atoms. The molecule has 3 aromatic carbocycles. The van der Waals surface area contributed by atoms with Crippen LogP contribution in [0.25, 0.3) is 5.69 Å². The molecule has 3 atom stereocenters. The van der Waals surface area contributed by atoms with E-state index in [0.29, 0.717) is 46.4 Å². The van der Waals surface area contributed by atoms with Crippen LogP contribution in [0.2, 0.25) is 5.02 Å². The molecule has 1 saturated heterocycles. The van der Waals surface area contributed by atoms with E-state index in [1.807, 2.05) is 67.6 Å². The van der Waals surface area contributed by atoms with Crippen molar-refractivity contribution in [3.8, 4) is 11.4 Å². The minimum Gasteiger partial charge on any atom is -0.497 e. The van der Waals surface area contributed by atoms with Crippen molar-refractivity contribution in [2.24, 2.45) is 5.92 Å². The van der Waals surface area contributed by atoms with E-state index in [1.165, 1.54) is 22.0 Å². The van der Waals surface area contributed by atoms with Crippen molar-refractivity contribution >= 4 is 41.7 Å². The van der Waals surface area contributed by atoms with Gasteiger partial charge >= 0.3 is 0 Å². The average molecular weight is 626 g/mol. The SMILES string of the molecule is COc1ccc(-n2nc(Sc3ccc(Cl)cc3)cc(CC[C@@H](C)NC(=O)[C@H]3CNC[C@@H]3c3ccccc3)c2=O)cc1.Cl. The molecule has 5 rings (SSSR count). The number of carbonyl (C=O) groups excluding carboxylic acids is 1. The molecule has 4 aromatic rings. The summed E-state index contributed by atoms with van der Waals surface area (Å²) in [7, 11) is 1.60. The number of nitrogens with one attached hydrogen (secondary N) is 2. The number of aromatic nitrogens is 2. The largest absolute Gasteiger partial charge is 0.497 e. The van der Waals surface area contributed by atoms with Gasteiger partial charge in [-0.2, -0.15) is 9.78 Å². The number of halogens is 2. The lowest BCUT2D eigenvalue weighted by molar-refractivity contribution is -0.125. The minimum atomic E-state index is -0.182. The second-order valence-corrected chi connectivity index (χ2v) is 11.7. The smallest absolute Gasteiger partial charge is 0.274 e. The minimum absolute atomic E-state index is 0. The molecule has 7 nitrogen and oxygen atoms in total. The van der Waals surface area contributed by atoms with Crippen LogP contribution in [0.4, 0.5) is 0 Å². The van der Waals surface area contributed by atoms with Crippen molar-refractivity contribution < 1.29 is 9.53 Å². The number of hydrogen-bond donors (Lipinski definition) is 2. The van der Waals surface area contributed by atoms with E-state index in [1.54, 1.807) is 19.2 Å². The Hall–Kier alpha value is -3.30. The second kappa shape index (κ2) is 14.7. The Morgan fingerprint density at radius 1 is 1.10 bits per heavy atom. The molecule has 1 fully saturated rings. The maximum atomic E-state index is 13.6. The van der Waals surface area contributed by atoms with E-state index in [-0.39, 0.29) is 41.8 Å². The maximum absolute atomic E-state index is 13.6. The summed E-state index contributed by atoms with van der Waals surface area (Å²) in [4.78, 5) is 27.8. The zero-order valence-corrected chi connectivity index (χ0v) is 25.8. The Labute approximate surface area is 261 Å². The lowest BCUT2D eigenvalue weighted by Gasteiger charge is -2.21. The van der Waals surface area contributed by atoms with Crippen molar-refractivity contribution in [1.29, 1.82) is 0 Å². The van der Waals surface area contributed by atoms with Crippen LogP contribution in [-0.4, -0.2) is 41.9 Å². The number of carbonyl (C=O) groups is 1. The molecule has 10 heteroatoms. The van der Waals surface area contributed by atoms with E-state index in [9.17, 15) is 9.59 Å². The Morgan fingerprint density at radius 3 is 2.50 bits per heavy atom. The van der Waals surface area contributed by atoms with E-state index >= 15 is 0 Å². The highest BCUT2D eigenvalue weighted by molar-refractivity contribution is 7.99. The molecule has 1 aliphatic heterocycles. The first-order valence-electron chi connectivity index (χ1n) is 13.7. The van der Waals surface area contributed by atoms with Gasteiger partial charge < -0.3 is 15.4 Å². The van der Waals surface area contributed by atoms with E-state index in [0.717, 1.165) is 11.4 Å². The summed E-state index contributed by atoms with van der Waals surface area (Å²) in [6.45, 7) is 3.43. The molecule has 2 heterocycles. The average Bonchev–Trinajstić information content (AvgIpc) is 3.49. The topological polar surface area (TPSA) is 85.2 Å². The van der Waals surface area contributed by atoms with Gasteiger partial charge in [0.15, 0.2) is 0 Å². The van der Waals surface area contributed by atoms with Crippen molar-refractivity contribution in [1.82, 2.24) is 20.4 Å². The van der Waals surface area contributed by atoms with Crippen molar-refractivity contribution in [2.45, 2.75) is 41.6 Å². The summed E-state index contributed by atoms with van der Waals surface area (Å²) in [5.74, 6) is 0.758.